The monoisotopic (exact) mass is 430 g/mol. The number of hydrogen-bond donors (Lipinski definition) is 1. The van der Waals surface area contributed by atoms with Crippen molar-refractivity contribution in [2.75, 3.05) is 0 Å². The number of unbranched alkanes of at least 4 members (excludes halogenated alkanes) is 1. The molecule has 2 fully saturated rings. The van der Waals surface area contributed by atoms with Gasteiger partial charge in [0.05, 0.1) is 6.54 Å². The summed E-state index contributed by atoms with van der Waals surface area (Å²) in [5.41, 5.74) is -0.759. The number of H-pyrrole nitrogens is 1. The first-order valence-electron chi connectivity index (χ1n) is 10.7. The SMILES string of the molecule is CCCCn1c(=O)[nH]c(=O)c2c1nc(CN1C(=O)C(=O)N(C3CCCCC3)C1=O)n2C. The van der Waals surface area contributed by atoms with Crippen molar-refractivity contribution in [3.05, 3.63) is 26.7 Å². The smallest absolute Gasteiger partial charge is 0.324 e. The third-order valence-corrected chi connectivity index (χ3v) is 6.16. The molecular weight excluding hydrogens is 404 g/mol. The van der Waals surface area contributed by atoms with Crippen LogP contribution < -0.4 is 11.2 Å². The topological polar surface area (TPSA) is 130 Å². The highest BCUT2D eigenvalue weighted by Crippen LogP contribution is 2.27. The number of nitrogens with one attached hydrogen (secondary N) is 1. The zero-order chi connectivity index (χ0) is 22.3. The lowest BCUT2D eigenvalue weighted by molar-refractivity contribution is -0.144. The Bertz CT molecular complexity index is 1170. The van der Waals surface area contributed by atoms with Crippen molar-refractivity contribution < 1.29 is 14.4 Å². The molecule has 0 unspecified atom stereocenters. The van der Waals surface area contributed by atoms with Gasteiger partial charge in [0, 0.05) is 19.6 Å². The highest BCUT2D eigenvalue weighted by molar-refractivity contribution is 6.44. The molecule has 166 valence electrons. The fourth-order valence-electron chi connectivity index (χ4n) is 4.42. The third-order valence-electron chi connectivity index (χ3n) is 6.16. The summed E-state index contributed by atoms with van der Waals surface area (Å²) in [7, 11) is 1.58. The van der Waals surface area contributed by atoms with Crippen molar-refractivity contribution in [2.45, 2.75) is 71.0 Å². The first-order valence-corrected chi connectivity index (χ1v) is 10.7. The van der Waals surface area contributed by atoms with Crippen molar-refractivity contribution in [2.24, 2.45) is 7.05 Å². The summed E-state index contributed by atoms with van der Waals surface area (Å²) in [6, 6.07) is -0.906. The van der Waals surface area contributed by atoms with Gasteiger partial charge in [0.1, 0.15) is 5.82 Å². The van der Waals surface area contributed by atoms with E-state index in [-0.39, 0.29) is 29.6 Å². The molecule has 11 nitrogen and oxygen atoms in total. The first-order chi connectivity index (χ1) is 14.8. The average Bonchev–Trinajstić information content (AvgIpc) is 3.18. The molecule has 3 heterocycles. The molecule has 0 bridgehead atoms. The van der Waals surface area contributed by atoms with Gasteiger partial charge in [0.15, 0.2) is 11.2 Å². The summed E-state index contributed by atoms with van der Waals surface area (Å²) >= 11 is 0. The number of urea groups is 1. The normalized spacial score (nSPS) is 18.1. The van der Waals surface area contributed by atoms with Crippen LogP contribution in [-0.2, 0) is 29.7 Å². The molecule has 1 N–H and O–H groups in total. The molecular formula is C20H26N6O5. The highest BCUT2D eigenvalue weighted by atomic mass is 16.2. The molecule has 1 saturated heterocycles. The van der Waals surface area contributed by atoms with E-state index >= 15 is 0 Å². The van der Waals surface area contributed by atoms with Crippen LogP contribution in [-0.4, -0.2) is 52.8 Å². The van der Waals surface area contributed by atoms with Gasteiger partial charge in [-0.1, -0.05) is 32.6 Å². The predicted molar refractivity (Wildman–Crippen MR) is 110 cm³/mol. The summed E-state index contributed by atoms with van der Waals surface area (Å²) in [5.74, 6) is -1.45. The van der Waals surface area contributed by atoms with Crippen LogP contribution in [0.1, 0.15) is 57.7 Å². The van der Waals surface area contributed by atoms with Crippen LogP contribution in [0.2, 0.25) is 0 Å². The van der Waals surface area contributed by atoms with E-state index in [1.54, 1.807) is 7.05 Å². The van der Waals surface area contributed by atoms with E-state index in [9.17, 15) is 24.0 Å². The number of imide groups is 2. The summed E-state index contributed by atoms with van der Waals surface area (Å²) < 4.78 is 2.85. The molecule has 0 radical (unpaired) electrons. The van der Waals surface area contributed by atoms with Crippen LogP contribution in [0, 0.1) is 0 Å². The van der Waals surface area contributed by atoms with Crippen LogP contribution in [0.15, 0.2) is 9.59 Å². The van der Waals surface area contributed by atoms with Gasteiger partial charge in [0.2, 0.25) is 0 Å². The van der Waals surface area contributed by atoms with E-state index in [0.717, 1.165) is 41.9 Å². The van der Waals surface area contributed by atoms with Crippen LogP contribution >= 0.6 is 0 Å². The second-order valence-electron chi connectivity index (χ2n) is 8.16. The van der Waals surface area contributed by atoms with E-state index in [1.807, 2.05) is 6.92 Å². The van der Waals surface area contributed by atoms with Crippen molar-refractivity contribution >= 4 is 29.0 Å². The summed E-state index contributed by atoms with van der Waals surface area (Å²) in [6.07, 6.45) is 5.85. The Morgan fingerprint density at radius 1 is 1.03 bits per heavy atom. The van der Waals surface area contributed by atoms with E-state index in [1.165, 1.54) is 9.13 Å². The van der Waals surface area contributed by atoms with Crippen LogP contribution in [0.3, 0.4) is 0 Å². The van der Waals surface area contributed by atoms with E-state index < -0.39 is 29.1 Å². The fraction of sp³-hybridized carbons (Fsp3) is 0.600. The second kappa shape index (κ2) is 8.12. The molecule has 2 aliphatic rings. The zero-order valence-electron chi connectivity index (χ0n) is 17.7. The molecule has 4 rings (SSSR count). The lowest BCUT2D eigenvalue weighted by Gasteiger charge is -2.28. The van der Waals surface area contributed by atoms with Crippen molar-refractivity contribution in [1.29, 1.82) is 0 Å². The van der Waals surface area contributed by atoms with E-state index in [0.29, 0.717) is 19.4 Å². The van der Waals surface area contributed by atoms with Crippen molar-refractivity contribution in [1.82, 2.24) is 28.9 Å². The first kappa shape index (κ1) is 21.0. The van der Waals surface area contributed by atoms with Crippen LogP contribution in [0.5, 0.6) is 0 Å². The number of hydrogen-bond acceptors (Lipinski definition) is 6. The van der Waals surface area contributed by atoms with Gasteiger partial charge in [-0.05, 0) is 19.3 Å². The summed E-state index contributed by atoms with van der Waals surface area (Å²) in [5, 5.41) is 0. The standard InChI is InChI=1S/C20H26N6O5/c1-3-4-10-24-15-14(16(27)22-19(24)30)23(2)13(21-15)11-25-17(28)18(29)26(20(25)31)12-8-6-5-7-9-12/h12H,3-11H2,1-2H3,(H,22,27,30). The number of fused-ring (bicyclic) bond motifs is 1. The maximum absolute atomic E-state index is 12.9. The predicted octanol–water partition coefficient (Wildman–Crippen LogP) is 0.847. The maximum atomic E-state index is 12.9. The third kappa shape index (κ3) is 3.47. The number of imidazole rings is 1. The lowest BCUT2D eigenvalue weighted by atomic mass is 9.94. The van der Waals surface area contributed by atoms with Gasteiger partial charge in [-0.25, -0.2) is 19.5 Å². The number of amides is 4. The molecule has 1 aliphatic carbocycles. The van der Waals surface area contributed by atoms with Crippen LogP contribution in [0.4, 0.5) is 4.79 Å². The van der Waals surface area contributed by atoms with Crippen LogP contribution in [0.25, 0.3) is 11.2 Å². The zero-order valence-corrected chi connectivity index (χ0v) is 17.7. The van der Waals surface area contributed by atoms with Gasteiger partial charge in [-0.2, -0.15) is 0 Å². The Morgan fingerprint density at radius 3 is 2.42 bits per heavy atom. The molecule has 1 aliphatic heterocycles. The van der Waals surface area contributed by atoms with Gasteiger partial charge in [-0.15, -0.1) is 0 Å². The molecule has 2 aromatic rings. The molecule has 2 aromatic heterocycles. The van der Waals surface area contributed by atoms with Crippen molar-refractivity contribution in [3.63, 3.8) is 0 Å². The Kier molecular flexibility index (Phi) is 5.50. The minimum atomic E-state index is -0.889. The number of nitrogens with zero attached hydrogens (tertiary/aromatic N) is 5. The molecule has 0 aromatic carbocycles. The Hall–Kier alpha value is -3.24. The molecule has 4 amide bonds. The van der Waals surface area contributed by atoms with Gasteiger partial charge in [-0.3, -0.25) is 28.8 Å². The Morgan fingerprint density at radius 2 is 1.74 bits per heavy atom. The Balaban J connectivity index is 1.69. The van der Waals surface area contributed by atoms with Gasteiger partial charge >= 0.3 is 23.5 Å². The number of rotatable bonds is 6. The average molecular weight is 430 g/mol. The largest absolute Gasteiger partial charge is 0.334 e. The van der Waals surface area contributed by atoms with E-state index in [4.69, 9.17) is 0 Å². The Labute approximate surface area is 177 Å². The maximum Gasteiger partial charge on any atom is 0.334 e. The molecule has 0 atom stereocenters. The van der Waals surface area contributed by atoms with E-state index in [2.05, 4.69) is 9.97 Å². The molecule has 11 heteroatoms. The quantitative estimate of drug-likeness (QED) is 0.534. The molecule has 0 spiro atoms. The van der Waals surface area contributed by atoms with Gasteiger partial charge in [0.25, 0.3) is 5.56 Å². The molecule has 1 saturated carbocycles. The number of aromatic nitrogens is 4. The number of aryl methyl sites for hydroxylation is 2. The fourth-order valence-corrected chi connectivity index (χ4v) is 4.42. The van der Waals surface area contributed by atoms with Crippen molar-refractivity contribution in [3.8, 4) is 0 Å². The highest BCUT2D eigenvalue weighted by Gasteiger charge is 2.48. The minimum Gasteiger partial charge on any atom is -0.324 e. The minimum absolute atomic E-state index is 0.181. The molecule has 31 heavy (non-hydrogen) atoms. The second-order valence-corrected chi connectivity index (χ2v) is 8.16. The number of carbonyl (C=O) groups is 3. The number of aromatic amines is 1. The summed E-state index contributed by atoms with van der Waals surface area (Å²) in [6.45, 7) is 2.12. The summed E-state index contributed by atoms with van der Waals surface area (Å²) in [4.78, 5) is 71.4. The van der Waals surface area contributed by atoms with Gasteiger partial charge < -0.3 is 4.57 Å². The lowest BCUT2D eigenvalue weighted by Crippen LogP contribution is -2.42. The number of carbonyl (C=O) groups excluding carboxylic acids is 3.